The summed E-state index contributed by atoms with van der Waals surface area (Å²) in [6.45, 7) is 3.60. The van der Waals surface area contributed by atoms with E-state index in [1.165, 1.54) is 0 Å². The summed E-state index contributed by atoms with van der Waals surface area (Å²) in [6.07, 6.45) is -0.0814. The first-order valence-corrected chi connectivity index (χ1v) is 10.1. The van der Waals surface area contributed by atoms with Crippen molar-refractivity contribution in [1.82, 2.24) is 19.9 Å². The normalized spacial score (nSPS) is 15.7. The number of ether oxygens (including phenoxy) is 2. The summed E-state index contributed by atoms with van der Waals surface area (Å²) in [5, 5.41) is 9.47. The maximum Gasteiger partial charge on any atom is 0.278 e. The summed E-state index contributed by atoms with van der Waals surface area (Å²) in [6, 6.07) is 17.2. The largest absolute Gasteiger partial charge is 0.494 e. The molecule has 0 N–H and O–H groups in total. The van der Waals surface area contributed by atoms with Crippen LogP contribution in [0.1, 0.15) is 24.3 Å². The highest BCUT2D eigenvalue weighted by atomic mass is 35.5. The fraction of sp³-hybridized carbons (Fsp3) is 0.227. The summed E-state index contributed by atoms with van der Waals surface area (Å²) in [4.78, 5) is 4.52. The number of rotatable bonds is 5. The molecule has 1 unspecified atom stereocenters. The molecule has 0 saturated heterocycles. The second kappa shape index (κ2) is 7.93. The van der Waals surface area contributed by atoms with E-state index < -0.39 is 0 Å². The molecular formula is C22H19ClN4O3. The standard InChI is InChI=1S/C22H19ClN4O3/c1-2-28-18-5-3-4-15(10-18)21-24-22(30-26-21)19-11-17-13-29-20(12-27(17)25-19)14-6-8-16(23)9-7-14/h3-11,20H,2,12-13H2,1H3. The van der Waals surface area contributed by atoms with Crippen molar-refractivity contribution < 1.29 is 14.0 Å². The molecule has 0 radical (unpaired) electrons. The molecule has 0 bridgehead atoms. The zero-order valence-corrected chi connectivity index (χ0v) is 17.0. The van der Waals surface area contributed by atoms with Crippen LogP contribution < -0.4 is 4.74 Å². The van der Waals surface area contributed by atoms with Crippen molar-refractivity contribution in [1.29, 1.82) is 0 Å². The van der Waals surface area contributed by atoms with E-state index in [1.54, 1.807) is 0 Å². The molecule has 8 heteroatoms. The third-order valence-corrected chi connectivity index (χ3v) is 5.18. The van der Waals surface area contributed by atoms with Crippen LogP contribution >= 0.6 is 11.6 Å². The molecule has 5 rings (SSSR count). The van der Waals surface area contributed by atoms with Crippen LogP contribution in [0.3, 0.4) is 0 Å². The number of aromatic nitrogens is 4. The van der Waals surface area contributed by atoms with Crippen molar-refractivity contribution >= 4 is 11.6 Å². The molecule has 2 aromatic heterocycles. The molecule has 0 amide bonds. The van der Waals surface area contributed by atoms with Crippen LogP contribution in [0.25, 0.3) is 23.0 Å². The minimum atomic E-state index is -0.0814. The third kappa shape index (κ3) is 3.69. The molecule has 2 aromatic carbocycles. The second-order valence-electron chi connectivity index (χ2n) is 6.94. The molecule has 1 aliphatic rings. The van der Waals surface area contributed by atoms with Gasteiger partial charge in [0, 0.05) is 10.6 Å². The number of hydrogen-bond acceptors (Lipinski definition) is 6. The van der Waals surface area contributed by atoms with Crippen molar-refractivity contribution in [3.05, 3.63) is 70.9 Å². The quantitative estimate of drug-likeness (QED) is 0.454. The van der Waals surface area contributed by atoms with Gasteiger partial charge in [-0.15, -0.1) is 0 Å². The third-order valence-electron chi connectivity index (χ3n) is 4.92. The lowest BCUT2D eigenvalue weighted by molar-refractivity contribution is -0.00112. The van der Waals surface area contributed by atoms with Crippen molar-refractivity contribution in [2.45, 2.75) is 26.2 Å². The first-order chi connectivity index (χ1) is 14.7. The van der Waals surface area contributed by atoms with Crippen molar-refractivity contribution in [3.8, 4) is 28.7 Å². The fourth-order valence-electron chi connectivity index (χ4n) is 3.45. The Hall–Kier alpha value is -3.16. The Morgan fingerprint density at radius 1 is 1.17 bits per heavy atom. The smallest absolute Gasteiger partial charge is 0.278 e. The topological polar surface area (TPSA) is 75.2 Å². The number of hydrogen-bond donors (Lipinski definition) is 0. The highest BCUT2D eigenvalue weighted by Crippen LogP contribution is 2.30. The Balaban J connectivity index is 1.37. The highest BCUT2D eigenvalue weighted by molar-refractivity contribution is 6.30. The van der Waals surface area contributed by atoms with Gasteiger partial charge in [-0.2, -0.15) is 10.1 Å². The molecule has 1 aliphatic heterocycles. The molecule has 0 saturated carbocycles. The number of nitrogens with zero attached hydrogens (tertiary/aromatic N) is 4. The SMILES string of the molecule is CCOc1cccc(-c2noc(-c3cc4n(n3)CC(c3ccc(Cl)cc3)OC4)n2)c1. The van der Waals surface area contributed by atoms with E-state index in [0.717, 1.165) is 22.6 Å². The van der Waals surface area contributed by atoms with Gasteiger partial charge in [0.2, 0.25) is 5.82 Å². The van der Waals surface area contributed by atoms with Crippen LogP contribution in [0, 0.1) is 0 Å². The Bertz CT molecular complexity index is 1170. The summed E-state index contributed by atoms with van der Waals surface area (Å²) in [7, 11) is 0. The second-order valence-corrected chi connectivity index (χ2v) is 7.37. The minimum Gasteiger partial charge on any atom is -0.494 e. The maximum atomic E-state index is 6.01. The molecule has 0 fully saturated rings. The van der Waals surface area contributed by atoms with Crippen LogP contribution in [0.5, 0.6) is 5.75 Å². The van der Waals surface area contributed by atoms with E-state index >= 15 is 0 Å². The van der Waals surface area contributed by atoms with Crippen LogP contribution in [-0.4, -0.2) is 26.5 Å². The number of fused-ring (bicyclic) bond motifs is 1. The molecule has 0 aliphatic carbocycles. The first-order valence-electron chi connectivity index (χ1n) is 9.70. The highest BCUT2D eigenvalue weighted by Gasteiger charge is 2.24. The maximum absolute atomic E-state index is 6.01. The van der Waals surface area contributed by atoms with Gasteiger partial charge in [-0.1, -0.05) is 41.0 Å². The first kappa shape index (κ1) is 18.8. The van der Waals surface area contributed by atoms with Gasteiger partial charge in [0.05, 0.1) is 25.5 Å². The Morgan fingerprint density at radius 3 is 2.87 bits per heavy atom. The van der Waals surface area contributed by atoms with E-state index in [2.05, 4.69) is 15.2 Å². The average Bonchev–Trinajstić information content (AvgIpc) is 3.41. The molecular weight excluding hydrogens is 404 g/mol. The predicted molar refractivity (Wildman–Crippen MR) is 111 cm³/mol. The molecule has 7 nitrogen and oxygen atoms in total. The lowest BCUT2D eigenvalue weighted by Crippen LogP contribution is -2.21. The van der Waals surface area contributed by atoms with E-state index in [4.69, 9.17) is 25.6 Å². The monoisotopic (exact) mass is 422 g/mol. The Labute approximate surface area is 178 Å². The number of benzene rings is 2. The van der Waals surface area contributed by atoms with E-state index in [9.17, 15) is 0 Å². The molecule has 152 valence electrons. The van der Waals surface area contributed by atoms with Crippen LogP contribution in [0.2, 0.25) is 5.02 Å². The van der Waals surface area contributed by atoms with Gasteiger partial charge in [0.25, 0.3) is 5.89 Å². The number of halogens is 1. The molecule has 1 atom stereocenters. The Kier molecular flexibility index (Phi) is 4.98. The van der Waals surface area contributed by atoms with E-state index in [1.807, 2.05) is 66.2 Å². The van der Waals surface area contributed by atoms with Gasteiger partial charge in [-0.05, 0) is 42.8 Å². The predicted octanol–water partition coefficient (Wildman–Crippen LogP) is 4.92. The van der Waals surface area contributed by atoms with E-state index in [0.29, 0.717) is 42.2 Å². The Morgan fingerprint density at radius 2 is 2.03 bits per heavy atom. The summed E-state index contributed by atoms with van der Waals surface area (Å²) in [5.74, 6) is 1.63. The van der Waals surface area contributed by atoms with Gasteiger partial charge in [0.1, 0.15) is 11.9 Å². The lowest BCUT2D eigenvalue weighted by atomic mass is 10.1. The van der Waals surface area contributed by atoms with Gasteiger partial charge >= 0.3 is 0 Å². The van der Waals surface area contributed by atoms with E-state index in [-0.39, 0.29) is 6.10 Å². The van der Waals surface area contributed by atoms with Crippen molar-refractivity contribution in [2.24, 2.45) is 0 Å². The minimum absolute atomic E-state index is 0.0814. The van der Waals surface area contributed by atoms with Gasteiger partial charge < -0.3 is 14.0 Å². The summed E-state index contributed by atoms with van der Waals surface area (Å²) >= 11 is 5.98. The summed E-state index contributed by atoms with van der Waals surface area (Å²) in [5.41, 5.74) is 3.49. The zero-order valence-electron chi connectivity index (χ0n) is 16.3. The molecule has 3 heterocycles. The molecule has 4 aromatic rings. The van der Waals surface area contributed by atoms with Crippen molar-refractivity contribution in [3.63, 3.8) is 0 Å². The molecule has 0 spiro atoms. The molecule has 30 heavy (non-hydrogen) atoms. The van der Waals surface area contributed by atoms with Gasteiger partial charge in [-0.25, -0.2) is 0 Å². The van der Waals surface area contributed by atoms with Crippen LogP contribution in [0.4, 0.5) is 0 Å². The fourth-order valence-corrected chi connectivity index (χ4v) is 3.57. The summed E-state index contributed by atoms with van der Waals surface area (Å²) < 4.78 is 19.0. The average molecular weight is 423 g/mol. The van der Waals surface area contributed by atoms with Gasteiger partial charge in [0.15, 0.2) is 5.69 Å². The lowest BCUT2D eigenvalue weighted by Gasteiger charge is -2.24. The van der Waals surface area contributed by atoms with Crippen LogP contribution in [-0.2, 0) is 17.9 Å². The van der Waals surface area contributed by atoms with Crippen molar-refractivity contribution in [2.75, 3.05) is 6.61 Å². The zero-order chi connectivity index (χ0) is 20.5. The van der Waals surface area contributed by atoms with Gasteiger partial charge in [-0.3, -0.25) is 4.68 Å². The van der Waals surface area contributed by atoms with Crippen LogP contribution in [0.15, 0.2) is 59.1 Å².